The van der Waals surface area contributed by atoms with Gasteiger partial charge in [0.25, 0.3) is 5.91 Å². The van der Waals surface area contributed by atoms with Crippen molar-refractivity contribution in [3.05, 3.63) is 23.2 Å². The number of anilines is 1. The lowest BCUT2D eigenvalue weighted by Crippen LogP contribution is -2.50. The van der Waals surface area contributed by atoms with E-state index in [9.17, 15) is 19.5 Å². The molecule has 0 aliphatic carbocycles. The molecule has 5 N–H and O–H groups in total. The van der Waals surface area contributed by atoms with Crippen LogP contribution in [0.15, 0.2) is 27.7 Å². The summed E-state index contributed by atoms with van der Waals surface area (Å²) < 4.78 is 0. The fraction of sp³-hybridized carbons (Fsp3) is 0.286. The third kappa shape index (κ3) is 4.83. The number of carboxylic acids is 2. The number of carbonyl (C=O) groups excluding carboxylic acids is 1. The molecule has 0 saturated heterocycles. The fourth-order valence-electron chi connectivity index (χ4n) is 2.04. The largest absolute Gasteiger partial charge is 0.480 e. The number of nitrogens with two attached hydrogens (primary N) is 1. The molecule has 0 bridgehead atoms. The van der Waals surface area contributed by atoms with Gasteiger partial charge < -0.3 is 26.1 Å². The number of rotatable bonds is 7. The van der Waals surface area contributed by atoms with Crippen LogP contribution in [0.25, 0.3) is 0 Å². The number of thioether (sulfide) groups is 1. The monoisotopic (exact) mass is 413 g/mol. The van der Waals surface area contributed by atoms with Gasteiger partial charge in [0, 0.05) is 11.1 Å². The Labute approximate surface area is 161 Å². The average Bonchev–Trinajstić information content (AvgIpc) is 3.03. The van der Waals surface area contributed by atoms with Crippen LogP contribution in [-0.2, 0) is 19.2 Å². The molecule has 2 heterocycles. The Morgan fingerprint density at radius 1 is 1.48 bits per heavy atom. The molecule has 1 aromatic heterocycles. The highest BCUT2D eigenvalue weighted by atomic mass is 32.2. The van der Waals surface area contributed by atoms with E-state index in [1.165, 1.54) is 12.5 Å². The molecule has 144 valence electrons. The first kappa shape index (κ1) is 20.4. The normalized spacial score (nSPS) is 18.4. The number of oxime groups is 1. The third-order valence-electron chi connectivity index (χ3n) is 3.22. The molecule has 2 rings (SSSR count). The molecule has 13 heteroatoms. The van der Waals surface area contributed by atoms with Crippen molar-refractivity contribution in [1.82, 2.24) is 10.3 Å². The van der Waals surface area contributed by atoms with E-state index in [0.29, 0.717) is 0 Å². The van der Waals surface area contributed by atoms with E-state index in [1.807, 2.05) is 0 Å². The summed E-state index contributed by atoms with van der Waals surface area (Å²) >= 11 is 2.11. The van der Waals surface area contributed by atoms with E-state index < -0.39 is 29.3 Å². The molecule has 1 aromatic rings. The summed E-state index contributed by atoms with van der Waals surface area (Å²) in [6.45, 7) is 3.59. The minimum atomic E-state index is -1.51. The van der Waals surface area contributed by atoms with Gasteiger partial charge >= 0.3 is 11.9 Å². The van der Waals surface area contributed by atoms with E-state index in [-0.39, 0.29) is 33.6 Å². The summed E-state index contributed by atoms with van der Waals surface area (Å²) in [4.78, 5) is 47.8. The van der Waals surface area contributed by atoms with Crippen molar-refractivity contribution >= 4 is 57.5 Å². The van der Waals surface area contributed by atoms with Gasteiger partial charge in [-0.1, -0.05) is 11.7 Å². The molecular formula is C14H15N5O6S2. The molecular weight excluding hydrogens is 398 g/mol. The van der Waals surface area contributed by atoms with E-state index in [0.717, 1.165) is 23.1 Å². The molecule has 2 unspecified atom stereocenters. The molecule has 0 fully saturated rings. The second-order valence-corrected chi connectivity index (χ2v) is 7.07. The molecule has 1 aliphatic rings. The highest BCUT2D eigenvalue weighted by Gasteiger charge is 2.36. The molecule has 27 heavy (non-hydrogen) atoms. The zero-order valence-electron chi connectivity index (χ0n) is 13.9. The second-order valence-electron chi connectivity index (χ2n) is 5.07. The zero-order valence-corrected chi connectivity index (χ0v) is 15.5. The number of aliphatic carboxylic acids is 2. The maximum Gasteiger partial charge on any atom is 0.354 e. The number of aromatic nitrogens is 1. The van der Waals surface area contributed by atoms with Gasteiger partial charge in [0.1, 0.15) is 23.9 Å². The Kier molecular flexibility index (Phi) is 6.52. The van der Waals surface area contributed by atoms with Crippen molar-refractivity contribution in [2.75, 3.05) is 18.6 Å². The zero-order chi connectivity index (χ0) is 20.1. The number of hydrogen-bond donors (Lipinski definition) is 4. The number of carbonyl (C=O) groups is 3. The maximum atomic E-state index is 12.5. The predicted molar refractivity (Wildman–Crippen MR) is 100 cm³/mol. The highest BCUT2D eigenvalue weighted by molar-refractivity contribution is 8.00. The average molecular weight is 413 g/mol. The SMILES string of the molecule is C=C1CSC(C(NC(=O)/C(=N/OC)c2csc(N)n2)C(=O)O)N=C1C(=O)O. The predicted octanol–water partition coefficient (Wildman–Crippen LogP) is -0.200. The van der Waals surface area contributed by atoms with Gasteiger partial charge in [-0.15, -0.1) is 23.1 Å². The van der Waals surface area contributed by atoms with Crippen molar-refractivity contribution < 1.29 is 29.4 Å². The first-order valence-corrected chi connectivity index (χ1v) is 9.14. The summed E-state index contributed by atoms with van der Waals surface area (Å²) in [6, 6.07) is -1.51. The minimum absolute atomic E-state index is 0.111. The Morgan fingerprint density at radius 2 is 2.19 bits per heavy atom. The van der Waals surface area contributed by atoms with E-state index in [4.69, 9.17) is 10.8 Å². The highest BCUT2D eigenvalue weighted by Crippen LogP contribution is 2.26. The standard InChI is InChI=1S/C14H15N5O6S2/c1-5-3-26-11(18-7(5)12(21)22)9(13(23)24)17-10(20)8(19-25-2)6-4-27-14(15)16-6/h4,9,11H,1,3H2,2H3,(H2,15,16)(H,17,20)(H,21,22)(H,23,24)/b19-8+. The second kappa shape index (κ2) is 8.64. The van der Waals surface area contributed by atoms with Gasteiger partial charge in [-0.2, -0.15) is 0 Å². The number of aliphatic imine (C=N–C) groups is 1. The van der Waals surface area contributed by atoms with Crippen LogP contribution < -0.4 is 11.1 Å². The maximum absolute atomic E-state index is 12.5. The summed E-state index contributed by atoms with van der Waals surface area (Å²) in [7, 11) is 1.21. The molecule has 2 atom stereocenters. The molecule has 0 radical (unpaired) electrons. The van der Waals surface area contributed by atoms with Gasteiger partial charge in [-0.25, -0.2) is 14.6 Å². The Bertz CT molecular complexity index is 849. The van der Waals surface area contributed by atoms with Crippen LogP contribution in [0.4, 0.5) is 5.13 Å². The van der Waals surface area contributed by atoms with Crippen molar-refractivity contribution in [2.24, 2.45) is 10.1 Å². The van der Waals surface area contributed by atoms with Crippen molar-refractivity contribution in [3.63, 3.8) is 0 Å². The topological polar surface area (TPSA) is 177 Å². The quantitative estimate of drug-likeness (QED) is 0.348. The van der Waals surface area contributed by atoms with Gasteiger partial charge in [0.05, 0.1) is 0 Å². The summed E-state index contributed by atoms with van der Waals surface area (Å²) in [6.07, 6.45) is 0. The first-order valence-electron chi connectivity index (χ1n) is 7.21. The summed E-state index contributed by atoms with van der Waals surface area (Å²) in [5.41, 5.74) is 5.32. The van der Waals surface area contributed by atoms with Crippen molar-refractivity contribution in [3.8, 4) is 0 Å². The molecule has 11 nitrogen and oxygen atoms in total. The van der Waals surface area contributed by atoms with Crippen molar-refractivity contribution in [2.45, 2.75) is 11.4 Å². The lowest BCUT2D eigenvalue weighted by Gasteiger charge is -2.25. The van der Waals surface area contributed by atoms with Crippen LogP contribution in [0, 0.1) is 0 Å². The molecule has 0 spiro atoms. The van der Waals surface area contributed by atoms with Gasteiger partial charge in [-0.05, 0) is 5.57 Å². The van der Waals surface area contributed by atoms with Crippen LogP contribution in [-0.4, -0.2) is 68.7 Å². The number of amides is 1. The van der Waals surface area contributed by atoms with Gasteiger partial charge in [0.15, 0.2) is 16.9 Å². The molecule has 0 aromatic carbocycles. The molecule has 0 saturated carbocycles. The molecule has 1 amide bonds. The number of hydrogen-bond acceptors (Lipinski definition) is 10. The number of thiazole rings is 1. The van der Waals surface area contributed by atoms with Crippen LogP contribution in [0.1, 0.15) is 5.69 Å². The Hall–Kier alpha value is -2.93. The number of nitrogens with one attached hydrogen (secondary N) is 1. The lowest BCUT2D eigenvalue weighted by molar-refractivity contribution is -0.141. The summed E-state index contributed by atoms with van der Waals surface area (Å²) in [5, 5.41) is 25.1. The lowest BCUT2D eigenvalue weighted by atomic mass is 10.2. The first-order chi connectivity index (χ1) is 12.7. The Balaban J connectivity index is 2.28. The van der Waals surface area contributed by atoms with Crippen LogP contribution in [0.3, 0.4) is 0 Å². The van der Waals surface area contributed by atoms with Crippen LogP contribution in [0.2, 0.25) is 0 Å². The van der Waals surface area contributed by atoms with Crippen LogP contribution in [0.5, 0.6) is 0 Å². The summed E-state index contributed by atoms with van der Waals surface area (Å²) in [5.74, 6) is -3.43. The number of nitrogen functional groups attached to an aromatic ring is 1. The number of carboxylic acid groups (broad SMARTS) is 2. The smallest absolute Gasteiger partial charge is 0.354 e. The molecule has 1 aliphatic heterocycles. The van der Waals surface area contributed by atoms with Gasteiger partial charge in [-0.3, -0.25) is 9.79 Å². The van der Waals surface area contributed by atoms with Crippen LogP contribution >= 0.6 is 23.1 Å². The Morgan fingerprint density at radius 3 is 2.70 bits per heavy atom. The van der Waals surface area contributed by atoms with E-state index in [2.05, 4.69) is 31.9 Å². The third-order valence-corrected chi connectivity index (χ3v) is 5.13. The number of nitrogens with zero attached hydrogens (tertiary/aromatic N) is 3. The van der Waals surface area contributed by atoms with Gasteiger partial charge in [0.2, 0.25) is 0 Å². The fourth-order valence-corrected chi connectivity index (χ4v) is 3.66. The van der Waals surface area contributed by atoms with E-state index >= 15 is 0 Å². The van der Waals surface area contributed by atoms with Crippen molar-refractivity contribution in [1.29, 1.82) is 0 Å². The minimum Gasteiger partial charge on any atom is -0.480 e. The van der Waals surface area contributed by atoms with E-state index in [1.54, 1.807) is 0 Å².